The molecular formula is C16H19N5. The highest BCUT2D eigenvalue weighted by atomic mass is 15.3. The topological polar surface area (TPSA) is 59.5 Å². The molecule has 0 aliphatic carbocycles. The number of hydrogen-bond acceptors (Lipinski definition) is 4. The van der Waals surface area contributed by atoms with Gasteiger partial charge in [-0.2, -0.15) is 5.10 Å². The van der Waals surface area contributed by atoms with Crippen LogP contribution in [0, 0.1) is 6.92 Å². The van der Waals surface area contributed by atoms with Crippen molar-refractivity contribution in [1.82, 2.24) is 14.6 Å². The summed E-state index contributed by atoms with van der Waals surface area (Å²) in [6.45, 7) is 3.36. The SMILES string of the molecule is Cc1cc2c(N(C)Cc3ccc(CN)cc3)nccn2n1. The molecule has 0 saturated heterocycles. The lowest BCUT2D eigenvalue weighted by molar-refractivity contribution is 0.871. The van der Waals surface area contributed by atoms with Gasteiger partial charge in [-0.1, -0.05) is 24.3 Å². The number of nitrogens with zero attached hydrogens (tertiary/aromatic N) is 4. The van der Waals surface area contributed by atoms with Crippen molar-refractivity contribution >= 4 is 11.3 Å². The van der Waals surface area contributed by atoms with E-state index in [-0.39, 0.29) is 0 Å². The molecule has 0 saturated carbocycles. The summed E-state index contributed by atoms with van der Waals surface area (Å²) in [5, 5.41) is 4.42. The molecule has 0 fully saturated rings. The molecule has 1 aromatic carbocycles. The highest BCUT2D eigenvalue weighted by molar-refractivity contribution is 5.68. The molecule has 2 heterocycles. The second-order valence-corrected chi connectivity index (χ2v) is 5.24. The van der Waals surface area contributed by atoms with Crippen molar-refractivity contribution in [3.63, 3.8) is 0 Å². The largest absolute Gasteiger partial charge is 0.354 e. The summed E-state index contributed by atoms with van der Waals surface area (Å²) in [7, 11) is 2.04. The lowest BCUT2D eigenvalue weighted by atomic mass is 10.1. The van der Waals surface area contributed by atoms with Crippen molar-refractivity contribution in [2.24, 2.45) is 5.73 Å². The molecular weight excluding hydrogens is 262 g/mol. The first kappa shape index (κ1) is 13.6. The number of rotatable bonds is 4. The van der Waals surface area contributed by atoms with Gasteiger partial charge < -0.3 is 10.6 Å². The Morgan fingerprint density at radius 2 is 1.90 bits per heavy atom. The number of aromatic nitrogens is 3. The number of hydrogen-bond donors (Lipinski definition) is 1. The van der Waals surface area contributed by atoms with Crippen LogP contribution >= 0.6 is 0 Å². The van der Waals surface area contributed by atoms with Crippen LogP contribution in [-0.2, 0) is 13.1 Å². The van der Waals surface area contributed by atoms with E-state index in [0.29, 0.717) is 6.54 Å². The molecule has 0 aliphatic heterocycles. The van der Waals surface area contributed by atoms with Gasteiger partial charge in [0.2, 0.25) is 0 Å². The normalized spacial score (nSPS) is 11.0. The number of fused-ring (bicyclic) bond motifs is 1. The van der Waals surface area contributed by atoms with Crippen LogP contribution in [0.15, 0.2) is 42.7 Å². The van der Waals surface area contributed by atoms with Gasteiger partial charge in [-0.25, -0.2) is 9.50 Å². The molecule has 5 nitrogen and oxygen atoms in total. The van der Waals surface area contributed by atoms with E-state index < -0.39 is 0 Å². The Bertz CT molecular complexity index is 745. The Hall–Kier alpha value is -2.40. The maximum Gasteiger partial charge on any atom is 0.154 e. The minimum Gasteiger partial charge on any atom is -0.354 e. The van der Waals surface area contributed by atoms with Gasteiger partial charge >= 0.3 is 0 Å². The van der Waals surface area contributed by atoms with E-state index >= 15 is 0 Å². The molecule has 0 atom stereocenters. The van der Waals surface area contributed by atoms with Crippen molar-refractivity contribution in [3.8, 4) is 0 Å². The molecule has 2 N–H and O–H groups in total. The van der Waals surface area contributed by atoms with E-state index in [0.717, 1.165) is 29.1 Å². The smallest absolute Gasteiger partial charge is 0.154 e. The van der Waals surface area contributed by atoms with E-state index in [9.17, 15) is 0 Å². The average Bonchev–Trinajstić information content (AvgIpc) is 2.87. The second kappa shape index (κ2) is 5.54. The zero-order valence-electron chi connectivity index (χ0n) is 12.3. The Balaban J connectivity index is 1.87. The number of aryl methyl sites for hydroxylation is 1. The zero-order valence-corrected chi connectivity index (χ0v) is 12.3. The van der Waals surface area contributed by atoms with Crippen molar-refractivity contribution < 1.29 is 0 Å². The molecule has 0 bridgehead atoms. The maximum absolute atomic E-state index is 5.63. The Morgan fingerprint density at radius 1 is 1.19 bits per heavy atom. The van der Waals surface area contributed by atoms with Crippen LogP contribution in [0.1, 0.15) is 16.8 Å². The molecule has 0 spiro atoms. The average molecular weight is 281 g/mol. The molecule has 0 aliphatic rings. The van der Waals surface area contributed by atoms with E-state index in [4.69, 9.17) is 5.73 Å². The van der Waals surface area contributed by atoms with E-state index in [2.05, 4.69) is 45.3 Å². The molecule has 0 radical (unpaired) electrons. The van der Waals surface area contributed by atoms with E-state index in [1.807, 2.05) is 24.7 Å². The van der Waals surface area contributed by atoms with Gasteiger partial charge in [-0.05, 0) is 24.1 Å². The molecule has 3 rings (SSSR count). The van der Waals surface area contributed by atoms with Crippen LogP contribution in [0.2, 0.25) is 0 Å². The van der Waals surface area contributed by atoms with Gasteiger partial charge in [0.05, 0.1) is 5.69 Å². The summed E-state index contributed by atoms with van der Waals surface area (Å²) in [5.41, 5.74) is 10.0. The first-order valence-electron chi connectivity index (χ1n) is 6.97. The summed E-state index contributed by atoms with van der Waals surface area (Å²) in [6, 6.07) is 10.4. The highest BCUT2D eigenvalue weighted by Gasteiger charge is 2.10. The first-order chi connectivity index (χ1) is 10.2. The Morgan fingerprint density at radius 3 is 2.62 bits per heavy atom. The highest BCUT2D eigenvalue weighted by Crippen LogP contribution is 2.20. The molecule has 3 aromatic rings. The molecule has 21 heavy (non-hydrogen) atoms. The first-order valence-corrected chi connectivity index (χ1v) is 6.97. The fraction of sp³-hybridized carbons (Fsp3) is 0.250. The standard InChI is InChI=1S/C16H19N5/c1-12-9-15-16(18-7-8-21(15)19-12)20(2)11-14-5-3-13(10-17)4-6-14/h3-9H,10-11,17H2,1-2H3. The Kier molecular flexibility index (Phi) is 3.58. The maximum atomic E-state index is 5.63. The number of anilines is 1. The zero-order chi connectivity index (χ0) is 14.8. The summed E-state index contributed by atoms with van der Waals surface area (Å²) in [6.07, 6.45) is 3.65. The quantitative estimate of drug-likeness (QED) is 0.796. The number of nitrogens with two attached hydrogens (primary N) is 1. The Labute approximate surface area is 124 Å². The van der Waals surface area contributed by atoms with Crippen molar-refractivity contribution in [2.45, 2.75) is 20.0 Å². The lowest BCUT2D eigenvalue weighted by Crippen LogP contribution is -2.18. The van der Waals surface area contributed by atoms with Crippen molar-refractivity contribution in [2.75, 3.05) is 11.9 Å². The molecule has 0 amide bonds. The fourth-order valence-electron chi connectivity index (χ4n) is 2.45. The van der Waals surface area contributed by atoms with Crippen LogP contribution in [-0.4, -0.2) is 21.6 Å². The van der Waals surface area contributed by atoms with Gasteiger partial charge in [-0.15, -0.1) is 0 Å². The van der Waals surface area contributed by atoms with Gasteiger partial charge in [0.25, 0.3) is 0 Å². The van der Waals surface area contributed by atoms with Crippen LogP contribution in [0.4, 0.5) is 5.82 Å². The second-order valence-electron chi connectivity index (χ2n) is 5.24. The van der Waals surface area contributed by atoms with Crippen LogP contribution in [0.5, 0.6) is 0 Å². The van der Waals surface area contributed by atoms with Gasteiger partial charge in [-0.3, -0.25) is 0 Å². The predicted octanol–water partition coefficient (Wildman–Crippen LogP) is 2.13. The van der Waals surface area contributed by atoms with Crippen molar-refractivity contribution in [3.05, 3.63) is 59.5 Å². The molecule has 0 unspecified atom stereocenters. The summed E-state index contributed by atoms with van der Waals surface area (Å²) in [5.74, 6) is 0.931. The van der Waals surface area contributed by atoms with Crippen LogP contribution in [0.25, 0.3) is 5.52 Å². The lowest BCUT2D eigenvalue weighted by Gasteiger charge is -2.19. The summed E-state index contributed by atoms with van der Waals surface area (Å²) >= 11 is 0. The van der Waals surface area contributed by atoms with Gasteiger partial charge in [0.15, 0.2) is 5.82 Å². The molecule has 108 valence electrons. The summed E-state index contributed by atoms with van der Waals surface area (Å²) < 4.78 is 1.87. The van der Waals surface area contributed by atoms with Crippen LogP contribution in [0.3, 0.4) is 0 Å². The summed E-state index contributed by atoms with van der Waals surface area (Å²) in [4.78, 5) is 6.63. The molecule has 2 aromatic heterocycles. The third kappa shape index (κ3) is 2.73. The number of benzene rings is 1. The van der Waals surface area contributed by atoms with E-state index in [1.54, 1.807) is 6.20 Å². The van der Waals surface area contributed by atoms with Crippen molar-refractivity contribution in [1.29, 1.82) is 0 Å². The van der Waals surface area contributed by atoms with Gasteiger partial charge in [0.1, 0.15) is 5.52 Å². The van der Waals surface area contributed by atoms with Gasteiger partial charge in [0, 0.05) is 32.5 Å². The molecule has 5 heteroatoms. The third-order valence-corrected chi connectivity index (χ3v) is 3.53. The minimum atomic E-state index is 0.575. The monoisotopic (exact) mass is 281 g/mol. The predicted molar refractivity (Wildman–Crippen MR) is 84.2 cm³/mol. The minimum absolute atomic E-state index is 0.575. The van der Waals surface area contributed by atoms with Crippen LogP contribution < -0.4 is 10.6 Å². The van der Waals surface area contributed by atoms with E-state index in [1.165, 1.54) is 5.56 Å². The fourth-order valence-corrected chi connectivity index (χ4v) is 2.45. The third-order valence-electron chi connectivity index (χ3n) is 3.53.